The largest absolute Gasteiger partial charge is 0.401 e. The lowest BCUT2D eigenvalue weighted by atomic mass is 9.56. The number of aromatic nitrogens is 6. The Hall–Kier alpha value is -5.71. The Bertz CT molecular complexity index is 2290. The van der Waals surface area contributed by atoms with E-state index in [1.54, 1.807) is 19.1 Å². The second kappa shape index (κ2) is 15.0. The smallest absolute Gasteiger partial charge is 0.350 e. The minimum atomic E-state index is -4.57. The highest BCUT2D eigenvalue weighted by Gasteiger charge is 2.53. The van der Waals surface area contributed by atoms with E-state index >= 15 is 8.78 Å². The number of nitrogens with one attached hydrogen (secondary N) is 2. The fraction of sp³-hybridized carbons (Fsp3) is 0.400. The Morgan fingerprint density at radius 3 is 2.40 bits per heavy atom. The van der Waals surface area contributed by atoms with Crippen molar-refractivity contribution in [3.8, 4) is 22.6 Å². The molecule has 57 heavy (non-hydrogen) atoms. The molecule has 2 aromatic carbocycles. The molecule has 5 aromatic rings. The van der Waals surface area contributed by atoms with E-state index in [2.05, 4.69) is 40.5 Å². The maximum absolute atomic E-state index is 15.3. The number of hydrogen-bond donors (Lipinski definition) is 2. The minimum Gasteiger partial charge on any atom is -0.350 e. The predicted octanol–water partition coefficient (Wildman–Crippen LogP) is 6.78. The van der Waals surface area contributed by atoms with E-state index in [1.807, 2.05) is 12.1 Å². The van der Waals surface area contributed by atoms with Crippen LogP contribution in [-0.2, 0) is 33.5 Å². The maximum atomic E-state index is 15.3. The number of aldehydes is 2. The Morgan fingerprint density at radius 2 is 1.75 bits per heavy atom. The number of alkyl halides is 3. The van der Waals surface area contributed by atoms with Crippen molar-refractivity contribution in [1.82, 2.24) is 40.5 Å². The average molecular weight is 791 g/mol. The predicted molar refractivity (Wildman–Crippen MR) is 194 cm³/mol. The van der Waals surface area contributed by atoms with E-state index in [4.69, 9.17) is 4.52 Å². The molecule has 2 aliphatic rings. The number of hydrogen-bond acceptors (Lipinski definition) is 10. The fourth-order valence-electron chi connectivity index (χ4n) is 7.63. The summed E-state index contributed by atoms with van der Waals surface area (Å²) in [6.07, 6.45) is 2.01. The third kappa shape index (κ3) is 7.84. The number of carbonyl (C=O) groups is 3. The van der Waals surface area contributed by atoms with Crippen LogP contribution >= 0.6 is 0 Å². The summed E-state index contributed by atoms with van der Waals surface area (Å²) in [5, 5.41) is 12.3. The van der Waals surface area contributed by atoms with Gasteiger partial charge in [0.15, 0.2) is 17.3 Å². The van der Waals surface area contributed by atoms with Gasteiger partial charge >= 0.3 is 6.18 Å². The first kappa shape index (κ1) is 39.5. The summed E-state index contributed by atoms with van der Waals surface area (Å²) in [5.41, 5.74) is -0.300. The summed E-state index contributed by atoms with van der Waals surface area (Å²) in [6.45, 7) is 5.60. The molecule has 1 atom stereocenters. The zero-order chi connectivity index (χ0) is 40.8. The first-order chi connectivity index (χ1) is 27.0. The summed E-state index contributed by atoms with van der Waals surface area (Å²) in [5.74, 6) is -1.88. The van der Waals surface area contributed by atoms with Gasteiger partial charge in [0.25, 0.3) is 5.91 Å². The van der Waals surface area contributed by atoms with Crippen LogP contribution in [0.15, 0.2) is 59.4 Å². The number of carbonyl (C=O) groups excluding carboxylic acids is 3. The molecule has 1 saturated heterocycles. The molecule has 7 rings (SSSR count). The molecule has 1 amide bonds. The first-order valence-corrected chi connectivity index (χ1v) is 18.3. The third-order valence-electron chi connectivity index (χ3n) is 11.2. The Kier molecular flexibility index (Phi) is 10.4. The molecule has 1 aliphatic carbocycles. The molecule has 1 saturated carbocycles. The zero-order valence-electron chi connectivity index (χ0n) is 31.3. The van der Waals surface area contributed by atoms with Gasteiger partial charge in [-0.1, -0.05) is 29.4 Å². The molecule has 1 unspecified atom stereocenters. The van der Waals surface area contributed by atoms with Crippen LogP contribution in [0.25, 0.3) is 22.6 Å². The van der Waals surface area contributed by atoms with Gasteiger partial charge < -0.3 is 19.4 Å². The van der Waals surface area contributed by atoms with Crippen LogP contribution in [0.2, 0.25) is 0 Å². The quantitative estimate of drug-likeness (QED) is 0.0907. The van der Waals surface area contributed by atoms with Gasteiger partial charge in [-0.25, -0.2) is 23.7 Å². The van der Waals surface area contributed by atoms with Crippen molar-refractivity contribution in [3.63, 3.8) is 0 Å². The molecule has 1 aliphatic heterocycles. The molecule has 0 bridgehead atoms. The number of nitrogens with zero attached hydrogens (tertiary/aromatic N) is 6. The number of rotatable bonds is 14. The molecular weight excluding hydrogens is 751 g/mol. The van der Waals surface area contributed by atoms with Gasteiger partial charge in [0, 0.05) is 61.2 Å². The second-order valence-electron chi connectivity index (χ2n) is 15.8. The molecule has 2 fully saturated rings. The second-order valence-corrected chi connectivity index (χ2v) is 15.8. The Labute approximate surface area is 323 Å². The highest BCUT2D eigenvalue weighted by Crippen LogP contribution is 2.56. The standard InChI is InChI=1S/C40H39F5N8O4/c1-37(2,40(43,44)45)36-49-33(50-51-36)18-48-35(56)32-13-31(52-57-32)34-46-16-26(17-47-34)27-7-5-23(11-29(27)41)19-53-20-39(21-53)14-25(15-39)24-6-8-28(30(42)12-24)38(3,22-55)9-4-10-54/h5-8,10-13,16-17,22,25H,4,9,14-15,18-21H2,1-3H3,(H,48,56)(H,49,50,51). The van der Waals surface area contributed by atoms with Crippen LogP contribution < -0.4 is 5.32 Å². The molecular formula is C40H39F5N8O4. The normalized spacial score (nSPS) is 16.8. The van der Waals surface area contributed by atoms with Crippen LogP contribution in [0.5, 0.6) is 0 Å². The summed E-state index contributed by atoms with van der Waals surface area (Å²) in [7, 11) is 0. The van der Waals surface area contributed by atoms with Crippen LogP contribution in [0.4, 0.5) is 22.0 Å². The molecule has 0 radical (unpaired) electrons. The summed E-state index contributed by atoms with van der Waals surface area (Å²) in [6, 6.07) is 11.4. The lowest BCUT2D eigenvalue weighted by Crippen LogP contribution is -2.61. The van der Waals surface area contributed by atoms with Crippen molar-refractivity contribution in [2.24, 2.45) is 5.41 Å². The number of aromatic amines is 1. The van der Waals surface area contributed by atoms with Crippen molar-refractivity contribution in [2.75, 3.05) is 13.1 Å². The number of H-pyrrole nitrogens is 1. The summed E-state index contributed by atoms with van der Waals surface area (Å²) in [4.78, 5) is 49.8. The van der Waals surface area contributed by atoms with Crippen LogP contribution in [0.3, 0.4) is 0 Å². The van der Waals surface area contributed by atoms with E-state index in [0.29, 0.717) is 29.5 Å². The van der Waals surface area contributed by atoms with Crippen molar-refractivity contribution >= 4 is 18.5 Å². The van der Waals surface area contributed by atoms with Gasteiger partial charge in [0.05, 0.1) is 12.0 Å². The average Bonchev–Trinajstić information content (AvgIpc) is 3.84. The molecule has 1 spiro atoms. The van der Waals surface area contributed by atoms with Gasteiger partial charge in [-0.05, 0) is 74.6 Å². The van der Waals surface area contributed by atoms with Crippen LogP contribution in [-0.4, -0.2) is 73.0 Å². The van der Waals surface area contributed by atoms with E-state index < -0.39 is 40.4 Å². The van der Waals surface area contributed by atoms with Crippen molar-refractivity contribution in [3.05, 3.63) is 101 Å². The van der Waals surface area contributed by atoms with E-state index in [9.17, 15) is 27.6 Å². The molecule has 2 N–H and O–H groups in total. The lowest BCUT2D eigenvalue weighted by Gasteiger charge is -2.59. The van der Waals surface area contributed by atoms with Crippen LogP contribution in [0, 0.1) is 17.0 Å². The van der Waals surface area contributed by atoms with Crippen LogP contribution in [0.1, 0.15) is 91.3 Å². The number of amides is 1. The molecule has 3 aromatic heterocycles. The van der Waals surface area contributed by atoms with E-state index in [1.165, 1.54) is 30.6 Å². The van der Waals surface area contributed by atoms with Gasteiger partial charge in [0.2, 0.25) is 5.76 Å². The number of benzene rings is 2. The van der Waals surface area contributed by atoms with Gasteiger partial charge in [0.1, 0.15) is 35.4 Å². The molecule has 17 heteroatoms. The zero-order valence-corrected chi connectivity index (χ0v) is 31.3. The topological polar surface area (TPSA) is 160 Å². The van der Waals surface area contributed by atoms with Gasteiger partial charge in [-0.3, -0.25) is 14.8 Å². The molecule has 12 nitrogen and oxygen atoms in total. The highest BCUT2D eigenvalue weighted by molar-refractivity contribution is 5.92. The van der Waals surface area contributed by atoms with E-state index in [0.717, 1.165) is 57.2 Å². The first-order valence-electron chi connectivity index (χ1n) is 18.3. The maximum Gasteiger partial charge on any atom is 0.401 e. The van der Waals surface area contributed by atoms with Crippen molar-refractivity contribution in [1.29, 1.82) is 0 Å². The molecule has 298 valence electrons. The van der Waals surface area contributed by atoms with Gasteiger partial charge in [-0.2, -0.15) is 18.3 Å². The van der Waals surface area contributed by atoms with Crippen molar-refractivity contribution < 1.29 is 40.9 Å². The third-order valence-corrected chi connectivity index (χ3v) is 11.2. The number of likely N-dealkylation sites (tertiary alicyclic amines) is 1. The monoisotopic (exact) mass is 790 g/mol. The fourth-order valence-corrected chi connectivity index (χ4v) is 7.63. The Morgan fingerprint density at radius 1 is 1.02 bits per heavy atom. The SMILES string of the molecule is CC(C=O)(CCC=O)c1ccc(C2CC3(C2)CN(Cc2ccc(-c4cnc(-c5cc(C(=O)NCc6nc(C(C)(C)C(F)(F)F)n[nH]6)on5)nc4)c(F)c2)C3)cc1F. The molecule has 4 heterocycles. The highest BCUT2D eigenvalue weighted by atomic mass is 19.4. The minimum absolute atomic E-state index is 0.0145. The summed E-state index contributed by atoms with van der Waals surface area (Å²) < 4.78 is 75.5. The van der Waals surface area contributed by atoms with Gasteiger partial charge in [-0.15, -0.1) is 0 Å². The van der Waals surface area contributed by atoms with Crippen molar-refractivity contribution in [2.45, 2.75) is 82.5 Å². The van der Waals surface area contributed by atoms with E-state index in [-0.39, 0.29) is 53.8 Å². The lowest BCUT2D eigenvalue weighted by molar-refractivity contribution is -0.182. The Balaban J connectivity index is 0.894. The summed E-state index contributed by atoms with van der Waals surface area (Å²) >= 11 is 0. The number of halogens is 5.